The fraction of sp³-hybridized carbons (Fsp3) is 0.600. The molecule has 0 aliphatic carbocycles. The molecule has 1 saturated heterocycles. The normalized spacial score (nSPS) is 19.8. The van der Waals surface area contributed by atoms with E-state index in [0.717, 1.165) is 19.6 Å². The Morgan fingerprint density at radius 1 is 1.30 bits per heavy atom. The Hall–Kier alpha value is -0.875. The number of nitrogens with zero attached hydrogens (tertiary/aromatic N) is 2. The molecule has 5 heteroatoms. The molecule has 1 aromatic rings. The van der Waals surface area contributed by atoms with Gasteiger partial charge >= 0.3 is 7.12 Å². The lowest BCUT2D eigenvalue weighted by molar-refractivity contribution is 0.195. The first-order valence-electron chi connectivity index (χ1n) is 7.47. The van der Waals surface area contributed by atoms with E-state index in [1.807, 2.05) is 12.1 Å². The van der Waals surface area contributed by atoms with E-state index in [9.17, 15) is 0 Å². The smallest absolute Gasteiger partial charge is 0.423 e. The molecule has 1 aliphatic heterocycles. The van der Waals surface area contributed by atoms with Crippen molar-refractivity contribution in [2.24, 2.45) is 0 Å². The maximum atomic E-state index is 9.08. The van der Waals surface area contributed by atoms with E-state index in [1.165, 1.54) is 24.9 Å². The minimum absolute atomic E-state index is 0.546. The minimum Gasteiger partial charge on any atom is -0.423 e. The van der Waals surface area contributed by atoms with Crippen molar-refractivity contribution in [1.29, 1.82) is 0 Å². The van der Waals surface area contributed by atoms with Gasteiger partial charge in [0.2, 0.25) is 0 Å². The number of hydrogen-bond donors (Lipinski definition) is 2. The molecule has 0 bridgehead atoms. The van der Waals surface area contributed by atoms with E-state index in [1.54, 1.807) is 12.1 Å². The molecule has 0 saturated carbocycles. The van der Waals surface area contributed by atoms with Crippen molar-refractivity contribution in [2.45, 2.75) is 32.4 Å². The van der Waals surface area contributed by atoms with Crippen LogP contribution in [0.15, 0.2) is 24.3 Å². The molecule has 2 N–H and O–H groups in total. The van der Waals surface area contributed by atoms with Crippen molar-refractivity contribution < 1.29 is 10.0 Å². The van der Waals surface area contributed by atoms with Crippen LogP contribution in [0.25, 0.3) is 0 Å². The van der Waals surface area contributed by atoms with Gasteiger partial charge in [-0.15, -0.1) is 0 Å². The minimum atomic E-state index is -1.38. The summed E-state index contributed by atoms with van der Waals surface area (Å²) in [5.74, 6) is 0. The topological polar surface area (TPSA) is 46.9 Å². The van der Waals surface area contributed by atoms with Gasteiger partial charge in [0.25, 0.3) is 0 Å². The highest BCUT2D eigenvalue weighted by atomic mass is 16.4. The average molecular weight is 276 g/mol. The van der Waals surface area contributed by atoms with Crippen molar-refractivity contribution in [2.75, 3.05) is 26.7 Å². The third-order valence-corrected chi connectivity index (χ3v) is 4.16. The summed E-state index contributed by atoms with van der Waals surface area (Å²) >= 11 is 0. The van der Waals surface area contributed by atoms with Crippen LogP contribution in [0.1, 0.15) is 25.3 Å². The van der Waals surface area contributed by atoms with Gasteiger partial charge in [0, 0.05) is 19.1 Å². The van der Waals surface area contributed by atoms with E-state index in [-0.39, 0.29) is 0 Å². The molecule has 0 spiro atoms. The Labute approximate surface area is 122 Å². The fourth-order valence-electron chi connectivity index (χ4n) is 3.05. The van der Waals surface area contributed by atoms with Crippen LogP contribution in [0.3, 0.4) is 0 Å². The summed E-state index contributed by atoms with van der Waals surface area (Å²) in [6.07, 6.45) is 2.61. The SMILES string of the molecule is CCN1CCCC1CN(C)Cc1ccc(B(O)O)cc1. The highest BCUT2D eigenvalue weighted by molar-refractivity contribution is 6.58. The number of likely N-dealkylation sites (N-methyl/N-ethyl adjacent to an activating group) is 2. The van der Waals surface area contributed by atoms with Gasteiger partial charge in [-0.25, -0.2) is 0 Å². The van der Waals surface area contributed by atoms with Crippen LogP contribution in [0.2, 0.25) is 0 Å². The summed E-state index contributed by atoms with van der Waals surface area (Å²) in [6, 6.07) is 8.18. The molecule has 1 aromatic carbocycles. The molecule has 0 amide bonds. The van der Waals surface area contributed by atoms with Crippen molar-refractivity contribution in [1.82, 2.24) is 9.80 Å². The molecule has 1 aliphatic rings. The van der Waals surface area contributed by atoms with Gasteiger partial charge in [-0.3, -0.25) is 4.90 Å². The van der Waals surface area contributed by atoms with E-state index in [4.69, 9.17) is 10.0 Å². The highest BCUT2D eigenvalue weighted by Crippen LogP contribution is 2.17. The van der Waals surface area contributed by atoms with Gasteiger partial charge in [0.1, 0.15) is 0 Å². The summed E-state index contributed by atoms with van der Waals surface area (Å²) in [5.41, 5.74) is 1.75. The summed E-state index contributed by atoms with van der Waals surface area (Å²) in [6.45, 7) is 6.60. The fourth-order valence-corrected chi connectivity index (χ4v) is 3.05. The molecule has 1 atom stereocenters. The first kappa shape index (κ1) is 15.5. The summed E-state index contributed by atoms with van der Waals surface area (Å²) in [4.78, 5) is 4.91. The Balaban J connectivity index is 1.86. The van der Waals surface area contributed by atoms with Crippen LogP contribution in [-0.4, -0.2) is 59.7 Å². The maximum absolute atomic E-state index is 9.08. The molecule has 0 radical (unpaired) electrons. The average Bonchev–Trinajstić information content (AvgIpc) is 2.86. The van der Waals surface area contributed by atoms with E-state index in [2.05, 4.69) is 23.8 Å². The Bertz CT molecular complexity index is 411. The van der Waals surface area contributed by atoms with Gasteiger partial charge in [-0.2, -0.15) is 0 Å². The van der Waals surface area contributed by atoms with Crippen LogP contribution in [0, 0.1) is 0 Å². The molecular weight excluding hydrogens is 251 g/mol. The summed E-state index contributed by atoms with van der Waals surface area (Å²) in [5, 5.41) is 18.2. The molecule has 0 aromatic heterocycles. The lowest BCUT2D eigenvalue weighted by Crippen LogP contribution is -2.38. The molecule has 110 valence electrons. The second-order valence-corrected chi connectivity index (χ2v) is 5.74. The van der Waals surface area contributed by atoms with Crippen molar-refractivity contribution >= 4 is 12.6 Å². The lowest BCUT2D eigenvalue weighted by atomic mass is 9.80. The van der Waals surface area contributed by atoms with Crippen LogP contribution in [0.5, 0.6) is 0 Å². The zero-order valence-corrected chi connectivity index (χ0v) is 12.5. The van der Waals surface area contributed by atoms with Crippen molar-refractivity contribution in [3.05, 3.63) is 29.8 Å². The van der Waals surface area contributed by atoms with E-state index < -0.39 is 7.12 Å². The Morgan fingerprint density at radius 2 is 2.00 bits per heavy atom. The van der Waals surface area contributed by atoms with Gasteiger partial charge in [-0.1, -0.05) is 31.2 Å². The van der Waals surface area contributed by atoms with Gasteiger partial charge < -0.3 is 14.9 Å². The van der Waals surface area contributed by atoms with Crippen molar-refractivity contribution in [3.63, 3.8) is 0 Å². The lowest BCUT2D eigenvalue weighted by Gasteiger charge is -2.27. The van der Waals surface area contributed by atoms with Crippen LogP contribution >= 0.6 is 0 Å². The predicted molar refractivity (Wildman–Crippen MR) is 82.9 cm³/mol. The summed E-state index contributed by atoms with van der Waals surface area (Å²) < 4.78 is 0. The Kier molecular flexibility index (Phi) is 5.60. The van der Waals surface area contributed by atoms with Gasteiger partial charge in [0.05, 0.1) is 0 Å². The summed E-state index contributed by atoms with van der Waals surface area (Å²) in [7, 11) is 0.777. The predicted octanol–water partition coefficient (Wildman–Crippen LogP) is 0.283. The zero-order chi connectivity index (χ0) is 14.5. The quantitative estimate of drug-likeness (QED) is 0.733. The molecule has 1 fully saturated rings. The Morgan fingerprint density at radius 3 is 2.60 bits per heavy atom. The second-order valence-electron chi connectivity index (χ2n) is 5.74. The standard InChI is InChI=1S/C15H25BN2O2/c1-3-18-10-4-5-15(18)12-17(2)11-13-6-8-14(9-7-13)16(19)20/h6-9,15,19-20H,3-5,10-12H2,1-2H3. The van der Waals surface area contributed by atoms with Crippen LogP contribution < -0.4 is 5.46 Å². The monoisotopic (exact) mass is 276 g/mol. The zero-order valence-electron chi connectivity index (χ0n) is 12.5. The first-order valence-corrected chi connectivity index (χ1v) is 7.47. The van der Waals surface area contributed by atoms with Crippen molar-refractivity contribution in [3.8, 4) is 0 Å². The largest absolute Gasteiger partial charge is 0.488 e. The number of likely N-dealkylation sites (tertiary alicyclic amines) is 1. The second kappa shape index (κ2) is 7.22. The first-order chi connectivity index (χ1) is 9.60. The molecule has 1 unspecified atom stereocenters. The third-order valence-electron chi connectivity index (χ3n) is 4.16. The number of benzene rings is 1. The molecule has 2 rings (SSSR count). The molecule has 1 heterocycles. The van der Waals surface area contributed by atoms with E-state index >= 15 is 0 Å². The van der Waals surface area contributed by atoms with Gasteiger partial charge in [0.15, 0.2) is 0 Å². The molecular formula is C15H25BN2O2. The van der Waals surface area contributed by atoms with Crippen LogP contribution in [0.4, 0.5) is 0 Å². The molecule has 4 nitrogen and oxygen atoms in total. The molecule has 20 heavy (non-hydrogen) atoms. The number of rotatable bonds is 6. The van der Waals surface area contributed by atoms with E-state index in [0.29, 0.717) is 11.5 Å². The maximum Gasteiger partial charge on any atom is 0.488 e. The third kappa shape index (κ3) is 4.06. The van der Waals surface area contributed by atoms with Gasteiger partial charge in [-0.05, 0) is 44.0 Å². The number of hydrogen-bond acceptors (Lipinski definition) is 4. The van der Waals surface area contributed by atoms with Crippen LogP contribution in [-0.2, 0) is 6.54 Å². The highest BCUT2D eigenvalue weighted by Gasteiger charge is 2.23.